The number of nitrogens with zero attached hydrogens (tertiary/aromatic N) is 5. The summed E-state index contributed by atoms with van der Waals surface area (Å²) < 4.78 is 35.0. The molecular formula is C30H31N7O6S. The summed E-state index contributed by atoms with van der Waals surface area (Å²) in [5.74, 6) is 0.293. The normalized spacial score (nSPS) is 11.8. The van der Waals surface area contributed by atoms with E-state index in [0.29, 0.717) is 23.0 Å². The van der Waals surface area contributed by atoms with Crippen molar-refractivity contribution in [3.8, 4) is 11.6 Å². The van der Waals surface area contributed by atoms with Gasteiger partial charge in [0.05, 0.1) is 18.2 Å². The maximum Gasteiger partial charge on any atom is 0.332 e. The van der Waals surface area contributed by atoms with Crippen LogP contribution in [0.4, 0.5) is 11.5 Å². The third kappa shape index (κ3) is 7.03. The molecule has 2 aromatic carbocycles. The lowest BCUT2D eigenvalue weighted by atomic mass is 9.92. The van der Waals surface area contributed by atoms with Gasteiger partial charge in [-0.05, 0) is 56.7 Å². The van der Waals surface area contributed by atoms with Gasteiger partial charge in [0.1, 0.15) is 11.6 Å². The van der Waals surface area contributed by atoms with Gasteiger partial charge in [0.15, 0.2) is 5.65 Å². The number of hydrogen-bond donors (Lipinski definition) is 2. The van der Waals surface area contributed by atoms with Crippen LogP contribution >= 0.6 is 0 Å². The van der Waals surface area contributed by atoms with Gasteiger partial charge in [-0.3, -0.25) is 23.4 Å². The SMILES string of the molecule is Cc1ccc(Cn2c(Nc3ccc(Oc4ccc5nccn5n4)cc3)cc(=O)n(CC(C)(C)C(=O)NS(C)(=O)=O)c2=O)cc1. The highest BCUT2D eigenvalue weighted by molar-refractivity contribution is 7.89. The monoisotopic (exact) mass is 617 g/mol. The highest BCUT2D eigenvalue weighted by Gasteiger charge is 2.32. The maximum atomic E-state index is 13.8. The van der Waals surface area contributed by atoms with E-state index in [2.05, 4.69) is 15.4 Å². The lowest BCUT2D eigenvalue weighted by molar-refractivity contribution is -0.128. The standard InChI is InChI=1S/C30H31N7O6S/c1-20-5-7-21(8-6-20)18-35-25(17-27(38)36(29(35)40)19-30(2,3)28(39)34-44(4,41)42)32-22-9-11-23(12-10-22)43-26-14-13-24-31-15-16-37(24)33-26/h5-17,32H,18-19H2,1-4H3,(H,34,39). The summed E-state index contributed by atoms with van der Waals surface area (Å²) in [5.41, 5.74) is 0.418. The van der Waals surface area contributed by atoms with Crippen LogP contribution in [-0.2, 0) is 27.9 Å². The number of nitrogens with one attached hydrogen (secondary N) is 2. The molecule has 0 saturated heterocycles. The molecule has 1 amide bonds. The molecule has 0 aliphatic carbocycles. The average molecular weight is 618 g/mol. The number of hydrogen-bond acceptors (Lipinski definition) is 9. The van der Waals surface area contributed by atoms with Gasteiger partial charge in [-0.15, -0.1) is 5.10 Å². The summed E-state index contributed by atoms with van der Waals surface area (Å²) in [7, 11) is -3.84. The molecule has 3 aromatic heterocycles. The van der Waals surface area contributed by atoms with Gasteiger partial charge >= 0.3 is 5.69 Å². The first-order valence-electron chi connectivity index (χ1n) is 13.6. The number of carbonyl (C=O) groups excluding carboxylic acids is 1. The van der Waals surface area contributed by atoms with Gasteiger partial charge in [-0.25, -0.2) is 22.7 Å². The first kappa shape index (κ1) is 30.2. The molecule has 13 nitrogen and oxygen atoms in total. The molecular weight excluding hydrogens is 586 g/mol. The van der Waals surface area contributed by atoms with Crippen molar-refractivity contribution in [2.24, 2.45) is 5.41 Å². The molecule has 0 fully saturated rings. The van der Waals surface area contributed by atoms with Crippen LogP contribution < -0.4 is 26.0 Å². The van der Waals surface area contributed by atoms with Gasteiger partial charge in [-0.1, -0.05) is 29.8 Å². The van der Waals surface area contributed by atoms with Crippen molar-refractivity contribution < 1.29 is 17.9 Å². The van der Waals surface area contributed by atoms with Crippen LogP contribution in [0.25, 0.3) is 5.65 Å². The number of aryl methyl sites for hydroxylation is 1. The van der Waals surface area contributed by atoms with Crippen LogP contribution in [0.5, 0.6) is 11.6 Å². The summed E-state index contributed by atoms with van der Waals surface area (Å²) in [6.07, 6.45) is 4.21. The van der Waals surface area contributed by atoms with E-state index in [0.717, 1.165) is 21.9 Å². The maximum absolute atomic E-state index is 13.8. The third-order valence-electron chi connectivity index (χ3n) is 6.77. The highest BCUT2D eigenvalue weighted by atomic mass is 32.2. The molecule has 0 spiro atoms. The number of rotatable bonds is 10. The number of benzene rings is 2. The van der Waals surface area contributed by atoms with Crippen LogP contribution in [0.3, 0.4) is 0 Å². The Morgan fingerprint density at radius 3 is 2.36 bits per heavy atom. The van der Waals surface area contributed by atoms with Crippen molar-refractivity contribution in [3.63, 3.8) is 0 Å². The van der Waals surface area contributed by atoms with E-state index >= 15 is 0 Å². The summed E-state index contributed by atoms with van der Waals surface area (Å²) in [5, 5.41) is 7.49. The van der Waals surface area contributed by atoms with Crippen molar-refractivity contribution in [3.05, 3.63) is 111 Å². The van der Waals surface area contributed by atoms with Gasteiger partial charge in [0.25, 0.3) is 5.56 Å². The number of sulfonamides is 1. The number of aromatic nitrogens is 5. The molecule has 0 atom stereocenters. The van der Waals surface area contributed by atoms with E-state index in [-0.39, 0.29) is 18.9 Å². The molecule has 5 rings (SSSR count). The lowest BCUT2D eigenvalue weighted by Gasteiger charge is -2.24. The van der Waals surface area contributed by atoms with Gasteiger partial charge in [0.2, 0.25) is 21.8 Å². The van der Waals surface area contributed by atoms with Crippen LogP contribution in [-0.4, -0.2) is 44.3 Å². The molecule has 228 valence electrons. The predicted molar refractivity (Wildman–Crippen MR) is 165 cm³/mol. The van der Waals surface area contributed by atoms with Crippen LogP contribution in [0.15, 0.2) is 88.7 Å². The number of carbonyl (C=O) groups is 1. The minimum atomic E-state index is -3.84. The summed E-state index contributed by atoms with van der Waals surface area (Å²) in [6.45, 7) is 4.66. The molecule has 0 saturated carbocycles. The first-order chi connectivity index (χ1) is 20.8. The second-order valence-corrected chi connectivity index (χ2v) is 12.8. The zero-order chi connectivity index (χ0) is 31.6. The summed E-state index contributed by atoms with van der Waals surface area (Å²) >= 11 is 0. The van der Waals surface area contributed by atoms with Gasteiger partial charge in [-0.2, -0.15) is 0 Å². The van der Waals surface area contributed by atoms with E-state index in [1.807, 2.05) is 35.9 Å². The van der Waals surface area contributed by atoms with E-state index < -0.39 is 32.6 Å². The smallest absolute Gasteiger partial charge is 0.332 e. The van der Waals surface area contributed by atoms with Crippen LogP contribution in [0.1, 0.15) is 25.0 Å². The quantitative estimate of drug-likeness (QED) is 0.240. The lowest BCUT2D eigenvalue weighted by Crippen LogP contribution is -2.48. The van der Waals surface area contributed by atoms with Crippen molar-refractivity contribution in [2.75, 3.05) is 11.6 Å². The molecule has 0 aliphatic heterocycles. The van der Waals surface area contributed by atoms with E-state index in [1.54, 1.807) is 53.3 Å². The minimum absolute atomic E-state index is 0.126. The second-order valence-electron chi connectivity index (χ2n) is 11.0. The second kappa shape index (κ2) is 11.8. The summed E-state index contributed by atoms with van der Waals surface area (Å²) in [4.78, 5) is 43.9. The zero-order valence-corrected chi connectivity index (χ0v) is 25.3. The third-order valence-corrected chi connectivity index (χ3v) is 7.32. The minimum Gasteiger partial charge on any atom is -0.438 e. The Morgan fingerprint density at radius 2 is 1.68 bits per heavy atom. The topological polar surface area (TPSA) is 159 Å². The molecule has 0 radical (unpaired) electrons. The number of imidazole rings is 1. The van der Waals surface area contributed by atoms with E-state index in [1.165, 1.54) is 24.5 Å². The molecule has 0 bridgehead atoms. The van der Waals surface area contributed by atoms with Crippen molar-refractivity contribution >= 4 is 33.1 Å². The van der Waals surface area contributed by atoms with Gasteiger partial charge < -0.3 is 10.1 Å². The highest BCUT2D eigenvalue weighted by Crippen LogP contribution is 2.24. The molecule has 44 heavy (non-hydrogen) atoms. The van der Waals surface area contributed by atoms with Crippen molar-refractivity contribution in [2.45, 2.75) is 33.9 Å². The Hall–Kier alpha value is -5.24. The van der Waals surface area contributed by atoms with E-state index in [4.69, 9.17) is 4.74 Å². The molecule has 0 unspecified atom stereocenters. The average Bonchev–Trinajstić information content (AvgIpc) is 3.42. The number of ether oxygens (including phenoxy) is 1. The molecule has 3 heterocycles. The predicted octanol–water partition coefficient (Wildman–Crippen LogP) is 3.05. The Labute approximate surface area is 252 Å². The Balaban J connectivity index is 1.45. The molecule has 5 aromatic rings. The zero-order valence-electron chi connectivity index (χ0n) is 24.5. The molecule has 14 heteroatoms. The Kier molecular flexibility index (Phi) is 8.11. The number of amides is 1. The number of anilines is 2. The number of fused-ring (bicyclic) bond motifs is 1. The summed E-state index contributed by atoms with van der Waals surface area (Å²) in [6, 6.07) is 19.3. The molecule has 2 N–H and O–H groups in total. The Morgan fingerprint density at radius 1 is 0.977 bits per heavy atom. The van der Waals surface area contributed by atoms with Crippen LogP contribution in [0.2, 0.25) is 0 Å². The fourth-order valence-electron chi connectivity index (χ4n) is 4.39. The fourth-order valence-corrected chi connectivity index (χ4v) is 5.01. The molecule has 0 aliphatic rings. The fraction of sp³-hybridized carbons (Fsp3) is 0.233. The van der Waals surface area contributed by atoms with Gasteiger partial charge in [0, 0.05) is 36.8 Å². The van der Waals surface area contributed by atoms with Crippen molar-refractivity contribution in [1.82, 2.24) is 28.5 Å². The first-order valence-corrected chi connectivity index (χ1v) is 15.4. The van der Waals surface area contributed by atoms with E-state index in [9.17, 15) is 22.8 Å². The van der Waals surface area contributed by atoms with Crippen molar-refractivity contribution in [1.29, 1.82) is 0 Å². The van der Waals surface area contributed by atoms with Crippen LogP contribution in [0, 0.1) is 12.3 Å². The Bertz CT molecular complexity index is 2060. The largest absolute Gasteiger partial charge is 0.438 e.